The van der Waals surface area contributed by atoms with Crippen molar-refractivity contribution < 1.29 is 14.5 Å². The van der Waals surface area contributed by atoms with Crippen LogP contribution in [-0.2, 0) is 21.3 Å². The quantitative estimate of drug-likeness (QED) is 0.370. The van der Waals surface area contributed by atoms with E-state index in [4.69, 9.17) is 11.6 Å². The Hall–Kier alpha value is -1.14. The molecule has 0 atom stereocenters. The largest absolute Gasteiger partial charge is 0.469 e. The second kappa shape index (κ2) is 5.97. The second-order valence-electron chi connectivity index (χ2n) is 3.22. The predicted octanol–water partition coefficient (Wildman–Crippen LogP) is 2.86. The number of hydrogen-bond donors (Lipinski definition) is 0. The zero-order valence-electron chi connectivity index (χ0n) is 8.91. The molecule has 1 aromatic carbocycles. The molecule has 0 saturated carbocycles. The van der Waals surface area contributed by atoms with Gasteiger partial charge in [-0.3, -0.25) is 14.9 Å². The molecule has 0 N–H and O–H groups in total. The highest BCUT2D eigenvalue weighted by Crippen LogP contribution is 2.29. The third kappa shape index (κ3) is 3.41. The number of rotatable bonds is 4. The van der Waals surface area contributed by atoms with Gasteiger partial charge in [0, 0.05) is 17.0 Å². The third-order valence-corrected chi connectivity index (χ3v) is 3.11. The van der Waals surface area contributed by atoms with Crippen LogP contribution in [0.3, 0.4) is 0 Å². The molecule has 0 spiro atoms. The molecule has 0 bridgehead atoms. The van der Waals surface area contributed by atoms with E-state index in [1.165, 1.54) is 19.2 Å². The van der Waals surface area contributed by atoms with Gasteiger partial charge in [-0.1, -0.05) is 27.5 Å². The van der Waals surface area contributed by atoms with Crippen molar-refractivity contribution in [3.63, 3.8) is 0 Å². The van der Waals surface area contributed by atoms with E-state index in [0.717, 1.165) is 0 Å². The number of halogens is 2. The van der Waals surface area contributed by atoms with Crippen molar-refractivity contribution in [2.75, 3.05) is 7.11 Å². The van der Waals surface area contributed by atoms with Crippen molar-refractivity contribution in [1.82, 2.24) is 0 Å². The van der Waals surface area contributed by atoms with Crippen molar-refractivity contribution in [3.8, 4) is 0 Å². The number of alkyl halides is 1. The first kappa shape index (κ1) is 13.9. The van der Waals surface area contributed by atoms with Gasteiger partial charge < -0.3 is 4.74 Å². The van der Waals surface area contributed by atoms with Crippen LogP contribution in [0.5, 0.6) is 0 Å². The highest BCUT2D eigenvalue weighted by atomic mass is 79.9. The summed E-state index contributed by atoms with van der Waals surface area (Å²) in [6.45, 7) is 0. The standard InChI is InChI=1S/C10H9BrClNO4/c1-17-10(14)3-6-2-7(5-11)9(13(15)16)4-8(6)12/h2,4H,3,5H2,1H3. The molecule has 0 unspecified atom stereocenters. The molecule has 0 radical (unpaired) electrons. The molecule has 17 heavy (non-hydrogen) atoms. The van der Waals surface area contributed by atoms with E-state index in [9.17, 15) is 14.9 Å². The molecular formula is C10H9BrClNO4. The summed E-state index contributed by atoms with van der Waals surface area (Å²) < 4.78 is 4.52. The fourth-order valence-corrected chi connectivity index (χ4v) is 1.97. The van der Waals surface area contributed by atoms with E-state index in [1.54, 1.807) is 0 Å². The van der Waals surface area contributed by atoms with Crippen molar-refractivity contribution in [2.24, 2.45) is 0 Å². The number of carbonyl (C=O) groups excluding carboxylic acids is 1. The number of benzene rings is 1. The first-order chi connectivity index (χ1) is 7.99. The second-order valence-corrected chi connectivity index (χ2v) is 4.18. The van der Waals surface area contributed by atoms with Crippen LogP contribution in [0.15, 0.2) is 12.1 Å². The number of nitro benzene ring substituents is 1. The van der Waals surface area contributed by atoms with Gasteiger partial charge in [0.2, 0.25) is 0 Å². The van der Waals surface area contributed by atoms with Gasteiger partial charge in [-0.25, -0.2) is 0 Å². The van der Waals surface area contributed by atoms with Crippen LogP contribution >= 0.6 is 27.5 Å². The first-order valence-corrected chi connectivity index (χ1v) is 6.08. The van der Waals surface area contributed by atoms with Gasteiger partial charge in [0.15, 0.2) is 0 Å². The highest BCUT2D eigenvalue weighted by Gasteiger charge is 2.18. The first-order valence-electron chi connectivity index (χ1n) is 4.58. The average Bonchev–Trinajstić information content (AvgIpc) is 2.30. The van der Waals surface area contributed by atoms with E-state index < -0.39 is 10.9 Å². The zero-order chi connectivity index (χ0) is 13.0. The molecule has 1 rings (SSSR count). The van der Waals surface area contributed by atoms with E-state index in [0.29, 0.717) is 16.5 Å². The van der Waals surface area contributed by atoms with Crippen molar-refractivity contribution in [3.05, 3.63) is 38.4 Å². The molecule has 7 heteroatoms. The average molecular weight is 323 g/mol. The lowest BCUT2D eigenvalue weighted by Crippen LogP contribution is -2.06. The number of ether oxygens (including phenoxy) is 1. The summed E-state index contributed by atoms with van der Waals surface area (Å²) >= 11 is 9.03. The smallest absolute Gasteiger partial charge is 0.310 e. The van der Waals surface area contributed by atoms with E-state index in [2.05, 4.69) is 20.7 Å². The Balaban J connectivity index is 3.17. The normalized spacial score (nSPS) is 10.1. The summed E-state index contributed by atoms with van der Waals surface area (Å²) in [4.78, 5) is 21.4. The zero-order valence-corrected chi connectivity index (χ0v) is 11.2. The number of carbonyl (C=O) groups is 1. The number of methoxy groups -OCH3 is 1. The van der Waals surface area contributed by atoms with Crippen LogP contribution in [0, 0.1) is 10.1 Å². The van der Waals surface area contributed by atoms with Gasteiger partial charge in [0.1, 0.15) is 0 Å². The summed E-state index contributed by atoms with van der Waals surface area (Å²) in [7, 11) is 1.27. The van der Waals surface area contributed by atoms with Gasteiger partial charge in [0.05, 0.1) is 23.5 Å². The summed E-state index contributed by atoms with van der Waals surface area (Å²) in [6, 6.07) is 2.78. The maximum absolute atomic E-state index is 11.1. The number of nitrogens with zero attached hydrogens (tertiary/aromatic N) is 1. The predicted molar refractivity (Wildman–Crippen MR) is 66.5 cm³/mol. The topological polar surface area (TPSA) is 69.4 Å². The maximum Gasteiger partial charge on any atom is 0.310 e. The van der Waals surface area contributed by atoms with Crippen LogP contribution in [0.25, 0.3) is 0 Å². The molecule has 5 nitrogen and oxygen atoms in total. The minimum atomic E-state index is -0.510. The van der Waals surface area contributed by atoms with Gasteiger partial charge in [-0.15, -0.1) is 0 Å². The molecule has 92 valence electrons. The Bertz CT molecular complexity index is 464. The van der Waals surface area contributed by atoms with Crippen molar-refractivity contribution in [2.45, 2.75) is 11.8 Å². The SMILES string of the molecule is COC(=O)Cc1cc(CBr)c([N+](=O)[O-])cc1Cl. The highest BCUT2D eigenvalue weighted by molar-refractivity contribution is 9.08. The molecular weight excluding hydrogens is 313 g/mol. The molecule has 0 aliphatic heterocycles. The van der Waals surface area contributed by atoms with E-state index in [-0.39, 0.29) is 17.1 Å². The third-order valence-electron chi connectivity index (χ3n) is 2.15. The van der Waals surface area contributed by atoms with Crippen LogP contribution in [0.4, 0.5) is 5.69 Å². The van der Waals surface area contributed by atoms with Crippen molar-refractivity contribution >= 4 is 39.2 Å². The maximum atomic E-state index is 11.1. The van der Waals surface area contributed by atoms with Gasteiger partial charge in [-0.05, 0) is 11.6 Å². The van der Waals surface area contributed by atoms with Gasteiger partial charge >= 0.3 is 5.97 Å². The lowest BCUT2D eigenvalue weighted by atomic mass is 10.1. The Labute approximate surface area is 111 Å². The molecule has 0 aliphatic rings. The fraction of sp³-hybridized carbons (Fsp3) is 0.300. The van der Waals surface area contributed by atoms with Crippen LogP contribution in [0.1, 0.15) is 11.1 Å². The molecule has 0 aromatic heterocycles. The Morgan fingerprint density at radius 2 is 2.18 bits per heavy atom. The van der Waals surface area contributed by atoms with Crippen molar-refractivity contribution in [1.29, 1.82) is 0 Å². The van der Waals surface area contributed by atoms with Gasteiger partial charge in [0.25, 0.3) is 5.69 Å². The summed E-state index contributed by atoms with van der Waals surface area (Å²) in [5.41, 5.74) is 0.914. The molecule has 1 aromatic rings. The molecule has 0 saturated heterocycles. The minimum Gasteiger partial charge on any atom is -0.469 e. The lowest BCUT2D eigenvalue weighted by Gasteiger charge is -2.06. The number of nitro groups is 1. The molecule has 0 aliphatic carbocycles. The Morgan fingerprint density at radius 1 is 1.53 bits per heavy atom. The van der Waals surface area contributed by atoms with Crippen LogP contribution in [0.2, 0.25) is 5.02 Å². The minimum absolute atomic E-state index is 0.00662. The van der Waals surface area contributed by atoms with Crippen LogP contribution < -0.4 is 0 Å². The van der Waals surface area contributed by atoms with E-state index in [1.807, 2.05) is 0 Å². The summed E-state index contributed by atoms with van der Waals surface area (Å²) in [5.74, 6) is -0.443. The fourth-order valence-electron chi connectivity index (χ4n) is 1.30. The molecule has 0 fully saturated rings. The number of hydrogen-bond acceptors (Lipinski definition) is 4. The Kier molecular flexibility index (Phi) is 4.89. The molecule has 0 amide bonds. The number of esters is 1. The molecule has 0 heterocycles. The Morgan fingerprint density at radius 3 is 2.65 bits per heavy atom. The summed E-state index contributed by atoms with van der Waals surface area (Å²) in [5, 5.41) is 11.3. The lowest BCUT2D eigenvalue weighted by molar-refractivity contribution is -0.385. The van der Waals surface area contributed by atoms with Crippen LogP contribution in [-0.4, -0.2) is 18.0 Å². The summed E-state index contributed by atoms with van der Waals surface area (Å²) in [6.07, 6.45) is -0.00662. The monoisotopic (exact) mass is 321 g/mol. The van der Waals surface area contributed by atoms with E-state index >= 15 is 0 Å². The van der Waals surface area contributed by atoms with Gasteiger partial charge in [-0.2, -0.15) is 0 Å².